The van der Waals surface area contributed by atoms with Gasteiger partial charge in [-0.3, -0.25) is 19.6 Å². The summed E-state index contributed by atoms with van der Waals surface area (Å²) in [6, 6.07) is 0. The van der Waals surface area contributed by atoms with E-state index in [9.17, 15) is 19.5 Å². The van der Waals surface area contributed by atoms with E-state index in [1.54, 1.807) is 6.92 Å². The van der Waals surface area contributed by atoms with Gasteiger partial charge in [0.15, 0.2) is 0 Å². The molecule has 16 heavy (non-hydrogen) atoms. The number of carbonyl (C=O) groups excluding carboxylic acids is 1. The first kappa shape index (κ1) is 12.0. The Morgan fingerprint density at radius 3 is 2.50 bits per heavy atom. The number of hydrogen-bond acceptors (Lipinski definition) is 5. The highest BCUT2D eigenvalue weighted by Crippen LogP contribution is 2.22. The maximum atomic E-state index is 11.4. The van der Waals surface area contributed by atoms with E-state index in [0.717, 1.165) is 0 Å². The number of ether oxygens (including phenoxy) is 1. The van der Waals surface area contributed by atoms with Crippen molar-refractivity contribution in [3.05, 3.63) is 26.4 Å². The van der Waals surface area contributed by atoms with Crippen LogP contribution >= 0.6 is 0 Å². The van der Waals surface area contributed by atoms with Gasteiger partial charge < -0.3 is 9.84 Å². The van der Waals surface area contributed by atoms with Crippen LogP contribution in [0.4, 0.5) is 0 Å². The SMILES string of the molecule is CCC(C(=O)OC)c1c(O)[nH]c(=O)[nH]c1=O. The van der Waals surface area contributed by atoms with E-state index in [1.807, 2.05) is 9.97 Å². The summed E-state index contributed by atoms with van der Waals surface area (Å²) in [5, 5.41) is 9.43. The van der Waals surface area contributed by atoms with Gasteiger partial charge in [-0.1, -0.05) is 6.92 Å². The number of nitrogens with one attached hydrogen (secondary N) is 2. The molecule has 0 fully saturated rings. The number of H-pyrrole nitrogens is 2. The van der Waals surface area contributed by atoms with Crippen molar-refractivity contribution in [2.24, 2.45) is 0 Å². The van der Waals surface area contributed by atoms with E-state index < -0.39 is 29.0 Å². The van der Waals surface area contributed by atoms with E-state index >= 15 is 0 Å². The zero-order chi connectivity index (χ0) is 12.3. The van der Waals surface area contributed by atoms with Gasteiger partial charge in [0.05, 0.1) is 18.6 Å². The summed E-state index contributed by atoms with van der Waals surface area (Å²) in [6.07, 6.45) is 0.273. The molecule has 0 aromatic carbocycles. The van der Waals surface area contributed by atoms with Crippen LogP contribution in [0.15, 0.2) is 9.59 Å². The molecule has 1 rings (SSSR count). The van der Waals surface area contributed by atoms with Gasteiger partial charge in [0, 0.05) is 0 Å². The molecule has 1 unspecified atom stereocenters. The van der Waals surface area contributed by atoms with Crippen LogP contribution in [0.25, 0.3) is 0 Å². The third-order valence-corrected chi connectivity index (χ3v) is 2.20. The van der Waals surface area contributed by atoms with Crippen LogP contribution in [0.1, 0.15) is 24.8 Å². The van der Waals surface area contributed by atoms with Crippen molar-refractivity contribution in [1.82, 2.24) is 9.97 Å². The Kier molecular flexibility index (Phi) is 3.49. The molecule has 7 nitrogen and oxygen atoms in total. The molecule has 0 aliphatic rings. The molecule has 0 amide bonds. The number of rotatable bonds is 3. The van der Waals surface area contributed by atoms with Crippen molar-refractivity contribution in [2.45, 2.75) is 19.3 Å². The van der Waals surface area contributed by atoms with E-state index in [1.165, 1.54) is 7.11 Å². The van der Waals surface area contributed by atoms with Gasteiger partial charge in [-0.25, -0.2) is 4.79 Å². The van der Waals surface area contributed by atoms with Gasteiger partial charge in [-0.15, -0.1) is 0 Å². The van der Waals surface area contributed by atoms with Crippen LogP contribution in [-0.2, 0) is 9.53 Å². The Labute approximate surface area is 90.1 Å². The third kappa shape index (κ3) is 2.13. The normalized spacial score (nSPS) is 12.1. The fraction of sp³-hybridized carbons (Fsp3) is 0.444. The lowest BCUT2D eigenvalue weighted by molar-refractivity contribution is -0.142. The molecule has 0 aliphatic carbocycles. The van der Waals surface area contributed by atoms with Crippen molar-refractivity contribution in [3.8, 4) is 5.88 Å². The number of aromatic nitrogens is 2. The summed E-state index contributed by atoms with van der Waals surface area (Å²) in [4.78, 5) is 37.6. The second-order valence-electron chi connectivity index (χ2n) is 3.15. The maximum absolute atomic E-state index is 11.4. The summed E-state index contributed by atoms with van der Waals surface area (Å²) in [5.74, 6) is -2.15. The van der Waals surface area contributed by atoms with Crippen molar-refractivity contribution in [1.29, 1.82) is 0 Å². The molecule has 0 aliphatic heterocycles. The standard InChI is InChI=1S/C9H12N2O5/c1-3-4(8(14)16-2)5-6(12)10-9(15)11-7(5)13/h4H,3H2,1-2H3,(H3,10,11,12,13,15). The van der Waals surface area contributed by atoms with E-state index in [0.29, 0.717) is 0 Å². The Balaban J connectivity index is 3.36. The van der Waals surface area contributed by atoms with Crippen molar-refractivity contribution in [3.63, 3.8) is 0 Å². The zero-order valence-corrected chi connectivity index (χ0v) is 8.86. The molecule has 0 saturated heterocycles. The minimum atomic E-state index is -0.898. The maximum Gasteiger partial charge on any atom is 0.328 e. The highest BCUT2D eigenvalue weighted by atomic mass is 16.5. The van der Waals surface area contributed by atoms with Crippen molar-refractivity contribution >= 4 is 5.97 Å². The van der Waals surface area contributed by atoms with Gasteiger partial charge in [-0.2, -0.15) is 0 Å². The van der Waals surface area contributed by atoms with Gasteiger partial charge >= 0.3 is 11.7 Å². The summed E-state index contributed by atoms with van der Waals surface area (Å²) in [6.45, 7) is 1.66. The summed E-state index contributed by atoms with van der Waals surface area (Å²) in [5.41, 5.74) is -1.81. The lowest BCUT2D eigenvalue weighted by Crippen LogP contribution is -2.29. The van der Waals surface area contributed by atoms with E-state index in [4.69, 9.17) is 0 Å². The number of aromatic amines is 2. The molecule has 0 spiro atoms. The lowest BCUT2D eigenvalue weighted by Gasteiger charge is -2.12. The molecule has 1 heterocycles. The molecular weight excluding hydrogens is 216 g/mol. The molecule has 0 bridgehead atoms. The lowest BCUT2D eigenvalue weighted by atomic mass is 9.99. The first-order valence-corrected chi connectivity index (χ1v) is 4.64. The number of methoxy groups -OCH3 is 1. The average Bonchev–Trinajstić information content (AvgIpc) is 2.22. The molecule has 3 N–H and O–H groups in total. The van der Waals surface area contributed by atoms with E-state index in [-0.39, 0.29) is 12.0 Å². The van der Waals surface area contributed by atoms with Crippen LogP contribution in [0, 0.1) is 0 Å². The van der Waals surface area contributed by atoms with Crippen LogP contribution in [0.3, 0.4) is 0 Å². The summed E-state index contributed by atoms with van der Waals surface area (Å²) < 4.78 is 4.50. The first-order chi connectivity index (χ1) is 7.51. The predicted molar refractivity (Wildman–Crippen MR) is 54.4 cm³/mol. The van der Waals surface area contributed by atoms with Crippen LogP contribution < -0.4 is 11.2 Å². The fourth-order valence-corrected chi connectivity index (χ4v) is 1.44. The van der Waals surface area contributed by atoms with Crippen molar-refractivity contribution in [2.75, 3.05) is 7.11 Å². The molecular formula is C9H12N2O5. The van der Waals surface area contributed by atoms with Crippen molar-refractivity contribution < 1.29 is 14.6 Å². The molecule has 0 radical (unpaired) electrons. The molecule has 88 valence electrons. The van der Waals surface area contributed by atoms with Crippen LogP contribution in [0.2, 0.25) is 0 Å². The average molecular weight is 228 g/mol. The second kappa shape index (κ2) is 4.65. The smallest absolute Gasteiger partial charge is 0.328 e. The van der Waals surface area contributed by atoms with Crippen LogP contribution in [-0.4, -0.2) is 28.2 Å². The monoisotopic (exact) mass is 228 g/mol. The van der Waals surface area contributed by atoms with Gasteiger partial charge in [0.25, 0.3) is 5.56 Å². The fourth-order valence-electron chi connectivity index (χ4n) is 1.44. The van der Waals surface area contributed by atoms with Gasteiger partial charge in [0.2, 0.25) is 5.88 Å². The molecule has 1 aromatic rings. The first-order valence-electron chi connectivity index (χ1n) is 4.64. The number of aromatic hydroxyl groups is 1. The van der Waals surface area contributed by atoms with Gasteiger partial charge in [0.1, 0.15) is 0 Å². The summed E-state index contributed by atoms with van der Waals surface area (Å²) >= 11 is 0. The largest absolute Gasteiger partial charge is 0.494 e. The Morgan fingerprint density at radius 1 is 1.44 bits per heavy atom. The minimum Gasteiger partial charge on any atom is -0.494 e. The number of carbonyl (C=O) groups is 1. The van der Waals surface area contributed by atoms with Crippen LogP contribution in [0.5, 0.6) is 5.88 Å². The number of esters is 1. The van der Waals surface area contributed by atoms with Gasteiger partial charge in [-0.05, 0) is 6.42 Å². The third-order valence-electron chi connectivity index (χ3n) is 2.20. The summed E-state index contributed by atoms with van der Waals surface area (Å²) in [7, 11) is 1.18. The number of hydrogen-bond donors (Lipinski definition) is 3. The van der Waals surface area contributed by atoms with E-state index in [2.05, 4.69) is 4.74 Å². The molecule has 0 saturated carbocycles. The quantitative estimate of drug-likeness (QED) is 0.600. The Bertz CT molecular complexity index is 501. The highest BCUT2D eigenvalue weighted by Gasteiger charge is 2.26. The highest BCUT2D eigenvalue weighted by molar-refractivity contribution is 5.78. The predicted octanol–water partition coefficient (Wildman–Crippen LogP) is -0.565. The molecule has 1 aromatic heterocycles. The molecule has 7 heteroatoms. The Morgan fingerprint density at radius 2 is 2.06 bits per heavy atom. The second-order valence-corrected chi connectivity index (χ2v) is 3.15. The Hall–Kier alpha value is -2.05. The zero-order valence-electron chi connectivity index (χ0n) is 8.86. The molecule has 1 atom stereocenters. The minimum absolute atomic E-state index is 0.186. The topological polar surface area (TPSA) is 112 Å².